The number of Topliss-reactive ketones (excluding diaryl/α,β-unsaturated/α-hetero) is 1. The van der Waals surface area contributed by atoms with Crippen LogP contribution in [0, 0.1) is 22.5 Å². The van der Waals surface area contributed by atoms with Crippen LogP contribution in [0.1, 0.15) is 57.1 Å². The standard InChI is InChI=1S/C26H28N2O5/c1-5-33-19-10-7-17(8-11-19)20-13-24(30)27(21-12-18(28(31)32)9-6-16(21)2)22-14-26(3,4)15-23(29)25(20)22/h6-12,20H,5,13-15H2,1-4H3. The highest BCUT2D eigenvalue weighted by Gasteiger charge is 2.44. The maximum atomic E-state index is 13.5. The third-order valence-electron chi connectivity index (χ3n) is 6.38. The summed E-state index contributed by atoms with van der Waals surface area (Å²) in [7, 11) is 0. The average Bonchev–Trinajstić information content (AvgIpc) is 2.73. The van der Waals surface area contributed by atoms with Crippen LogP contribution < -0.4 is 9.64 Å². The number of rotatable bonds is 5. The first-order valence-electron chi connectivity index (χ1n) is 11.2. The van der Waals surface area contributed by atoms with E-state index in [0.717, 1.165) is 16.9 Å². The molecule has 2 aliphatic rings. The number of nitro groups is 1. The molecule has 7 nitrogen and oxygen atoms in total. The SMILES string of the molecule is CCOc1ccc(C2CC(=O)N(c3cc([N+](=O)[O-])ccc3C)C3=C2C(=O)CC(C)(C)C3)cc1. The molecule has 2 aromatic rings. The molecule has 33 heavy (non-hydrogen) atoms. The van der Waals surface area contributed by atoms with Gasteiger partial charge in [-0.3, -0.25) is 24.6 Å². The molecule has 172 valence electrons. The van der Waals surface area contributed by atoms with Gasteiger partial charge in [-0.2, -0.15) is 0 Å². The van der Waals surface area contributed by atoms with Crippen molar-refractivity contribution in [2.24, 2.45) is 5.41 Å². The number of hydrogen-bond donors (Lipinski definition) is 0. The lowest BCUT2D eigenvalue weighted by atomic mass is 9.69. The van der Waals surface area contributed by atoms with Crippen molar-refractivity contribution in [3.05, 3.63) is 75.0 Å². The Morgan fingerprint density at radius 2 is 1.82 bits per heavy atom. The van der Waals surface area contributed by atoms with Gasteiger partial charge < -0.3 is 4.74 Å². The van der Waals surface area contributed by atoms with E-state index < -0.39 is 4.92 Å². The lowest BCUT2D eigenvalue weighted by Crippen LogP contribution is -2.44. The molecule has 2 aromatic carbocycles. The number of carbonyl (C=O) groups excluding carboxylic acids is 2. The first kappa shape index (κ1) is 22.7. The predicted octanol–water partition coefficient (Wildman–Crippen LogP) is 5.47. The molecule has 0 radical (unpaired) electrons. The molecule has 0 N–H and O–H groups in total. The van der Waals surface area contributed by atoms with Gasteiger partial charge in [-0.15, -0.1) is 0 Å². The normalized spacial score (nSPS) is 20.0. The molecule has 1 unspecified atom stereocenters. The number of non-ortho nitro benzene ring substituents is 1. The fraction of sp³-hybridized carbons (Fsp3) is 0.385. The molecule has 0 spiro atoms. The van der Waals surface area contributed by atoms with Gasteiger partial charge in [0.25, 0.3) is 5.69 Å². The number of carbonyl (C=O) groups is 2. The van der Waals surface area contributed by atoms with Gasteiger partial charge in [0.2, 0.25) is 5.91 Å². The molecule has 7 heteroatoms. The van der Waals surface area contributed by atoms with Crippen molar-refractivity contribution in [2.75, 3.05) is 11.5 Å². The lowest BCUT2D eigenvalue weighted by molar-refractivity contribution is -0.384. The van der Waals surface area contributed by atoms with Crippen LogP contribution in [0.5, 0.6) is 5.75 Å². The van der Waals surface area contributed by atoms with E-state index in [0.29, 0.717) is 36.4 Å². The summed E-state index contributed by atoms with van der Waals surface area (Å²) in [6.07, 6.45) is 1.06. The smallest absolute Gasteiger partial charge is 0.271 e. The van der Waals surface area contributed by atoms with Crippen molar-refractivity contribution in [2.45, 2.75) is 52.9 Å². The largest absolute Gasteiger partial charge is 0.494 e. The number of hydrogen-bond acceptors (Lipinski definition) is 5. The first-order chi connectivity index (χ1) is 15.6. The number of amides is 1. The van der Waals surface area contributed by atoms with E-state index in [1.807, 2.05) is 52.0 Å². The molecule has 1 atom stereocenters. The van der Waals surface area contributed by atoms with Gasteiger partial charge in [0.15, 0.2) is 5.78 Å². The zero-order valence-electron chi connectivity index (χ0n) is 19.4. The molecule has 1 aliphatic heterocycles. The number of aryl methyl sites for hydroxylation is 1. The summed E-state index contributed by atoms with van der Waals surface area (Å²) >= 11 is 0. The van der Waals surface area contributed by atoms with E-state index >= 15 is 0 Å². The number of benzene rings is 2. The number of ether oxygens (including phenoxy) is 1. The van der Waals surface area contributed by atoms with E-state index in [4.69, 9.17) is 4.74 Å². The second kappa shape index (κ2) is 8.46. The van der Waals surface area contributed by atoms with Crippen LogP contribution in [0.2, 0.25) is 0 Å². The maximum absolute atomic E-state index is 13.5. The van der Waals surface area contributed by atoms with Gasteiger partial charge in [0.1, 0.15) is 5.75 Å². The van der Waals surface area contributed by atoms with Crippen LogP contribution in [-0.2, 0) is 9.59 Å². The van der Waals surface area contributed by atoms with Crippen molar-refractivity contribution in [3.63, 3.8) is 0 Å². The topological polar surface area (TPSA) is 89.8 Å². The van der Waals surface area contributed by atoms with Gasteiger partial charge in [-0.25, -0.2) is 0 Å². The Morgan fingerprint density at radius 1 is 1.12 bits per heavy atom. The molecule has 1 aliphatic carbocycles. The number of nitrogens with zero attached hydrogens (tertiary/aromatic N) is 2. The van der Waals surface area contributed by atoms with E-state index in [9.17, 15) is 19.7 Å². The van der Waals surface area contributed by atoms with E-state index in [2.05, 4.69) is 0 Å². The van der Waals surface area contributed by atoms with Crippen LogP contribution >= 0.6 is 0 Å². The van der Waals surface area contributed by atoms with Gasteiger partial charge in [0, 0.05) is 42.2 Å². The van der Waals surface area contributed by atoms with Crippen molar-refractivity contribution >= 4 is 23.1 Å². The molecule has 0 saturated heterocycles. The summed E-state index contributed by atoms with van der Waals surface area (Å²) in [4.78, 5) is 39.4. The fourth-order valence-corrected chi connectivity index (χ4v) is 4.89. The molecular weight excluding hydrogens is 420 g/mol. The highest BCUT2D eigenvalue weighted by Crippen LogP contribution is 2.49. The molecule has 0 aromatic heterocycles. The number of anilines is 1. The van der Waals surface area contributed by atoms with Crippen molar-refractivity contribution in [1.29, 1.82) is 0 Å². The average molecular weight is 449 g/mol. The quantitative estimate of drug-likeness (QED) is 0.447. The molecule has 4 rings (SSSR count). The third kappa shape index (κ3) is 4.27. The van der Waals surface area contributed by atoms with Crippen molar-refractivity contribution < 1.29 is 19.2 Å². The third-order valence-corrected chi connectivity index (χ3v) is 6.38. The molecule has 0 bridgehead atoms. The van der Waals surface area contributed by atoms with Crippen LogP contribution in [0.3, 0.4) is 0 Å². The maximum Gasteiger partial charge on any atom is 0.271 e. The minimum Gasteiger partial charge on any atom is -0.494 e. The zero-order chi connectivity index (χ0) is 23.9. The van der Waals surface area contributed by atoms with E-state index in [1.165, 1.54) is 12.1 Å². The Morgan fingerprint density at radius 3 is 2.45 bits per heavy atom. The second-order valence-electron chi connectivity index (χ2n) is 9.52. The Labute approximate surface area is 193 Å². The van der Waals surface area contributed by atoms with Crippen LogP contribution in [-0.4, -0.2) is 23.2 Å². The minimum atomic E-state index is -0.467. The second-order valence-corrected chi connectivity index (χ2v) is 9.52. The number of ketones is 1. The lowest BCUT2D eigenvalue weighted by Gasteiger charge is -2.43. The summed E-state index contributed by atoms with van der Waals surface area (Å²) in [6.45, 7) is 8.32. The summed E-state index contributed by atoms with van der Waals surface area (Å²) in [5.74, 6) is 0.257. The molecule has 1 heterocycles. The van der Waals surface area contributed by atoms with Gasteiger partial charge in [-0.1, -0.05) is 32.0 Å². The fourth-order valence-electron chi connectivity index (χ4n) is 4.89. The molecule has 0 fully saturated rings. The monoisotopic (exact) mass is 448 g/mol. The molecule has 0 saturated carbocycles. The predicted molar refractivity (Wildman–Crippen MR) is 125 cm³/mol. The number of nitro benzene ring substituents is 1. The van der Waals surface area contributed by atoms with Gasteiger partial charge >= 0.3 is 0 Å². The highest BCUT2D eigenvalue weighted by atomic mass is 16.6. The highest BCUT2D eigenvalue weighted by molar-refractivity contribution is 6.08. The minimum absolute atomic E-state index is 0.0284. The molecule has 1 amide bonds. The summed E-state index contributed by atoms with van der Waals surface area (Å²) in [5, 5.41) is 11.4. The zero-order valence-corrected chi connectivity index (χ0v) is 19.4. The summed E-state index contributed by atoms with van der Waals surface area (Å²) in [5.41, 5.74) is 3.01. The first-order valence-corrected chi connectivity index (χ1v) is 11.2. The van der Waals surface area contributed by atoms with Crippen molar-refractivity contribution in [1.82, 2.24) is 0 Å². The Bertz CT molecular complexity index is 1160. The van der Waals surface area contributed by atoms with E-state index in [-0.39, 0.29) is 35.1 Å². The van der Waals surface area contributed by atoms with Crippen molar-refractivity contribution in [3.8, 4) is 5.75 Å². The Balaban J connectivity index is 1.87. The number of allylic oxidation sites excluding steroid dienone is 2. The summed E-state index contributed by atoms with van der Waals surface area (Å²) < 4.78 is 5.53. The van der Waals surface area contributed by atoms with Crippen LogP contribution in [0.15, 0.2) is 53.7 Å². The van der Waals surface area contributed by atoms with Crippen LogP contribution in [0.4, 0.5) is 11.4 Å². The van der Waals surface area contributed by atoms with Gasteiger partial charge in [-0.05, 0) is 48.9 Å². The van der Waals surface area contributed by atoms with Crippen LogP contribution in [0.25, 0.3) is 0 Å². The van der Waals surface area contributed by atoms with Gasteiger partial charge in [0.05, 0.1) is 17.2 Å². The Kier molecular flexibility index (Phi) is 5.82. The summed E-state index contributed by atoms with van der Waals surface area (Å²) in [6, 6.07) is 12.1. The Hall–Kier alpha value is -3.48. The molecular formula is C26H28N2O5. The van der Waals surface area contributed by atoms with E-state index in [1.54, 1.807) is 11.0 Å².